The standard InChI is InChI=1S/C15H19N/c1-3-14-11-16(12-15(14)4-2)10-13-8-6-5-7-9-13/h5-9,11-12H,3-4,10H2,1-2H3. The van der Waals surface area contributed by atoms with Gasteiger partial charge in [0.2, 0.25) is 0 Å². The maximum absolute atomic E-state index is 2.30. The lowest BCUT2D eigenvalue weighted by atomic mass is 10.1. The maximum atomic E-state index is 2.30. The first kappa shape index (κ1) is 11.0. The van der Waals surface area contributed by atoms with Gasteiger partial charge in [-0.15, -0.1) is 0 Å². The van der Waals surface area contributed by atoms with E-state index in [9.17, 15) is 0 Å². The predicted molar refractivity (Wildman–Crippen MR) is 68.7 cm³/mol. The third kappa shape index (κ3) is 2.35. The number of benzene rings is 1. The lowest BCUT2D eigenvalue weighted by Gasteiger charge is -2.02. The van der Waals surface area contributed by atoms with E-state index in [0.717, 1.165) is 19.4 Å². The zero-order valence-electron chi connectivity index (χ0n) is 10.1. The van der Waals surface area contributed by atoms with Crippen molar-refractivity contribution in [2.45, 2.75) is 33.2 Å². The largest absolute Gasteiger partial charge is 0.349 e. The lowest BCUT2D eigenvalue weighted by molar-refractivity contribution is 0.800. The summed E-state index contributed by atoms with van der Waals surface area (Å²) in [5.41, 5.74) is 4.33. The second kappa shape index (κ2) is 5.02. The van der Waals surface area contributed by atoms with Crippen LogP contribution < -0.4 is 0 Å². The van der Waals surface area contributed by atoms with Gasteiger partial charge in [0.15, 0.2) is 0 Å². The van der Waals surface area contributed by atoms with Crippen LogP contribution in [-0.4, -0.2) is 4.57 Å². The Balaban J connectivity index is 2.19. The smallest absolute Gasteiger partial charge is 0.0470 e. The molecule has 2 rings (SSSR count). The first-order valence-electron chi connectivity index (χ1n) is 6.05. The van der Waals surface area contributed by atoms with Crippen molar-refractivity contribution in [3.05, 3.63) is 59.4 Å². The molecule has 0 saturated heterocycles. The number of nitrogens with zero attached hydrogens (tertiary/aromatic N) is 1. The molecule has 1 heterocycles. The van der Waals surface area contributed by atoms with Gasteiger partial charge in [0.25, 0.3) is 0 Å². The summed E-state index contributed by atoms with van der Waals surface area (Å²) in [5.74, 6) is 0. The number of aryl methyl sites for hydroxylation is 2. The van der Waals surface area contributed by atoms with E-state index in [1.807, 2.05) is 0 Å². The Kier molecular flexibility index (Phi) is 3.45. The monoisotopic (exact) mass is 213 g/mol. The molecule has 0 amide bonds. The van der Waals surface area contributed by atoms with E-state index >= 15 is 0 Å². The minimum atomic E-state index is 0.980. The highest BCUT2D eigenvalue weighted by Gasteiger charge is 2.03. The summed E-state index contributed by atoms with van der Waals surface area (Å²) in [4.78, 5) is 0. The Morgan fingerprint density at radius 2 is 1.44 bits per heavy atom. The molecule has 2 aromatic rings. The van der Waals surface area contributed by atoms with E-state index in [1.54, 1.807) is 0 Å². The van der Waals surface area contributed by atoms with Crippen LogP contribution in [0.4, 0.5) is 0 Å². The first-order chi connectivity index (χ1) is 7.83. The van der Waals surface area contributed by atoms with Gasteiger partial charge in [-0.2, -0.15) is 0 Å². The Morgan fingerprint density at radius 1 is 0.875 bits per heavy atom. The van der Waals surface area contributed by atoms with Gasteiger partial charge >= 0.3 is 0 Å². The van der Waals surface area contributed by atoms with Crippen molar-refractivity contribution in [3.8, 4) is 0 Å². The molecule has 0 aliphatic carbocycles. The number of rotatable bonds is 4. The SMILES string of the molecule is CCc1cn(Cc2ccccc2)cc1CC. The van der Waals surface area contributed by atoms with Crippen LogP contribution >= 0.6 is 0 Å². The number of hydrogen-bond donors (Lipinski definition) is 0. The molecule has 84 valence electrons. The fourth-order valence-electron chi connectivity index (χ4n) is 2.13. The molecule has 0 atom stereocenters. The van der Waals surface area contributed by atoms with Gasteiger partial charge in [-0.05, 0) is 29.5 Å². The van der Waals surface area contributed by atoms with E-state index in [-0.39, 0.29) is 0 Å². The van der Waals surface area contributed by atoms with Crippen molar-refractivity contribution in [2.75, 3.05) is 0 Å². The van der Waals surface area contributed by atoms with Crippen LogP contribution in [0.3, 0.4) is 0 Å². The first-order valence-corrected chi connectivity index (χ1v) is 6.05. The van der Waals surface area contributed by atoms with E-state index in [1.165, 1.54) is 16.7 Å². The summed E-state index contributed by atoms with van der Waals surface area (Å²) in [7, 11) is 0. The Bertz CT molecular complexity index is 418. The minimum absolute atomic E-state index is 0.980. The molecule has 0 bridgehead atoms. The van der Waals surface area contributed by atoms with Crippen molar-refractivity contribution < 1.29 is 0 Å². The topological polar surface area (TPSA) is 4.93 Å². The molecule has 0 aliphatic rings. The summed E-state index contributed by atoms with van der Waals surface area (Å²) < 4.78 is 2.30. The summed E-state index contributed by atoms with van der Waals surface area (Å²) in [6.45, 7) is 5.43. The molecule has 1 aromatic carbocycles. The third-order valence-electron chi connectivity index (χ3n) is 3.03. The summed E-state index contributed by atoms with van der Waals surface area (Å²) in [6.07, 6.45) is 6.83. The number of aromatic nitrogens is 1. The third-order valence-corrected chi connectivity index (χ3v) is 3.03. The van der Waals surface area contributed by atoms with Gasteiger partial charge in [0.1, 0.15) is 0 Å². The van der Waals surface area contributed by atoms with Crippen molar-refractivity contribution >= 4 is 0 Å². The van der Waals surface area contributed by atoms with E-state index in [0.29, 0.717) is 0 Å². The fraction of sp³-hybridized carbons (Fsp3) is 0.333. The van der Waals surface area contributed by atoms with Crippen molar-refractivity contribution in [1.82, 2.24) is 4.57 Å². The van der Waals surface area contributed by atoms with Gasteiger partial charge in [-0.1, -0.05) is 44.2 Å². The molecule has 1 nitrogen and oxygen atoms in total. The maximum Gasteiger partial charge on any atom is 0.0470 e. The fourth-order valence-corrected chi connectivity index (χ4v) is 2.13. The zero-order valence-corrected chi connectivity index (χ0v) is 10.1. The van der Waals surface area contributed by atoms with E-state index in [2.05, 4.69) is 61.1 Å². The van der Waals surface area contributed by atoms with Gasteiger partial charge < -0.3 is 4.57 Å². The average molecular weight is 213 g/mol. The highest BCUT2D eigenvalue weighted by molar-refractivity contribution is 5.25. The highest BCUT2D eigenvalue weighted by Crippen LogP contribution is 2.14. The second-order valence-electron chi connectivity index (χ2n) is 4.17. The predicted octanol–water partition coefficient (Wildman–Crippen LogP) is 3.66. The molecule has 1 aromatic heterocycles. The lowest BCUT2D eigenvalue weighted by Crippen LogP contribution is -1.95. The second-order valence-corrected chi connectivity index (χ2v) is 4.17. The molecule has 0 spiro atoms. The van der Waals surface area contributed by atoms with Crippen LogP contribution in [0.25, 0.3) is 0 Å². The van der Waals surface area contributed by atoms with Crippen LogP contribution in [0, 0.1) is 0 Å². The molecule has 0 saturated carbocycles. The minimum Gasteiger partial charge on any atom is -0.349 e. The summed E-state index contributed by atoms with van der Waals surface area (Å²) in [5, 5.41) is 0. The van der Waals surface area contributed by atoms with Gasteiger partial charge in [-0.3, -0.25) is 0 Å². The highest BCUT2D eigenvalue weighted by atomic mass is 14.9. The van der Waals surface area contributed by atoms with Crippen molar-refractivity contribution in [1.29, 1.82) is 0 Å². The zero-order chi connectivity index (χ0) is 11.4. The quantitative estimate of drug-likeness (QED) is 0.730. The van der Waals surface area contributed by atoms with Gasteiger partial charge in [-0.25, -0.2) is 0 Å². The van der Waals surface area contributed by atoms with Gasteiger partial charge in [0.05, 0.1) is 0 Å². The Labute approximate surface area is 97.7 Å². The van der Waals surface area contributed by atoms with Crippen LogP contribution in [0.15, 0.2) is 42.7 Å². The molecule has 0 unspecified atom stereocenters. The van der Waals surface area contributed by atoms with Crippen LogP contribution in [-0.2, 0) is 19.4 Å². The molecule has 0 fully saturated rings. The molecule has 1 heteroatoms. The summed E-state index contributed by atoms with van der Waals surface area (Å²) in [6, 6.07) is 10.6. The van der Waals surface area contributed by atoms with Crippen LogP contribution in [0.5, 0.6) is 0 Å². The van der Waals surface area contributed by atoms with Gasteiger partial charge in [0, 0.05) is 18.9 Å². The Hall–Kier alpha value is -1.50. The Morgan fingerprint density at radius 3 is 1.94 bits per heavy atom. The molecule has 0 radical (unpaired) electrons. The number of hydrogen-bond acceptors (Lipinski definition) is 0. The normalized spacial score (nSPS) is 10.6. The molecular formula is C15H19N. The molecule has 0 aliphatic heterocycles. The summed E-state index contributed by atoms with van der Waals surface area (Å²) >= 11 is 0. The average Bonchev–Trinajstić information content (AvgIpc) is 2.72. The molecular weight excluding hydrogens is 194 g/mol. The van der Waals surface area contributed by atoms with Crippen molar-refractivity contribution in [2.24, 2.45) is 0 Å². The molecule has 16 heavy (non-hydrogen) atoms. The molecule has 0 N–H and O–H groups in total. The van der Waals surface area contributed by atoms with E-state index in [4.69, 9.17) is 0 Å². The van der Waals surface area contributed by atoms with Crippen LogP contribution in [0.2, 0.25) is 0 Å². The van der Waals surface area contributed by atoms with E-state index < -0.39 is 0 Å². The van der Waals surface area contributed by atoms with Crippen LogP contribution in [0.1, 0.15) is 30.5 Å². The van der Waals surface area contributed by atoms with Crippen molar-refractivity contribution in [3.63, 3.8) is 0 Å².